The molecule has 0 aromatic heterocycles. The van der Waals surface area contributed by atoms with Crippen molar-refractivity contribution in [3.05, 3.63) is 53.6 Å². The van der Waals surface area contributed by atoms with E-state index in [-0.39, 0.29) is 25.0 Å². The molecule has 0 fully saturated rings. The molecule has 1 heterocycles. The van der Waals surface area contributed by atoms with Crippen LogP contribution in [-0.2, 0) is 9.53 Å². The molecule has 27 heavy (non-hydrogen) atoms. The van der Waals surface area contributed by atoms with Gasteiger partial charge >= 0.3 is 5.97 Å². The average Bonchev–Trinajstić information content (AvgIpc) is 3.14. The van der Waals surface area contributed by atoms with Crippen LogP contribution in [0.15, 0.2) is 42.5 Å². The van der Waals surface area contributed by atoms with Crippen LogP contribution < -0.4 is 19.5 Å². The summed E-state index contributed by atoms with van der Waals surface area (Å²) in [6.07, 6.45) is 0. The Hall–Kier alpha value is -3.22. The van der Waals surface area contributed by atoms with Gasteiger partial charge in [-0.15, -0.1) is 0 Å². The molecule has 0 saturated carbocycles. The van der Waals surface area contributed by atoms with Crippen LogP contribution in [0.1, 0.15) is 35.8 Å². The number of rotatable bonds is 7. The third-order valence-corrected chi connectivity index (χ3v) is 4.02. The molecule has 0 unspecified atom stereocenters. The van der Waals surface area contributed by atoms with Crippen LogP contribution in [0, 0.1) is 0 Å². The molecule has 0 radical (unpaired) electrons. The Morgan fingerprint density at radius 3 is 2.74 bits per heavy atom. The smallest absolute Gasteiger partial charge is 0.342 e. The van der Waals surface area contributed by atoms with Crippen molar-refractivity contribution < 1.29 is 28.5 Å². The van der Waals surface area contributed by atoms with Crippen molar-refractivity contribution in [1.82, 2.24) is 5.32 Å². The van der Waals surface area contributed by atoms with E-state index in [1.54, 1.807) is 30.3 Å². The van der Waals surface area contributed by atoms with Crippen molar-refractivity contribution in [1.29, 1.82) is 0 Å². The lowest BCUT2D eigenvalue weighted by molar-refractivity contribution is -0.124. The third kappa shape index (κ3) is 4.49. The summed E-state index contributed by atoms with van der Waals surface area (Å²) in [7, 11) is 0. The van der Waals surface area contributed by atoms with Crippen LogP contribution >= 0.6 is 0 Å². The van der Waals surface area contributed by atoms with Crippen molar-refractivity contribution in [3.63, 3.8) is 0 Å². The van der Waals surface area contributed by atoms with E-state index in [0.29, 0.717) is 23.9 Å². The standard InChI is InChI=1S/C20H21NO6/c1-3-24-16-7-5-4-6-15(16)20(23)25-11-19(22)21-13(2)14-8-9-17-18(10-14)27-12-26-17/h4-10,13H,3,11-12H2,1-2H3,(H,21,22)/t13-/m1/s1. The van der Waals surface area contributed by atoms with Crippen molar-refractivity contribution in [2.45, 2.75) is 19.9 Å². The Labute approximate surface area is 157 Å². The lowest BCUT2D eigenvalue weighted by Crippen LogP contribution is -2.31. The van der Waals surface area contributed by atoms with Crippen LogP contribution in [0.4, 0.5) is 0 Å². The highest BCUT2D eigenvalue weighted by atomic mass is 16.7. The summed E-state index contributed by atoms with van der Waals surface area (Å²) in [6, 6.07) is 11.9. The lowest BCUT2D eigenvalue weighted by Gasteiger charge is -2.15. The number of esters is 1. The first-order valence-electron chi connectivity index (χ1n) is 8.66. The number of fused-ring (bicyclic) bond motifs is 1. The summed E-state index contributed by atoms with van der Waals surface area (Å²) >= 11 is 0. The molecule has 142 valence electrons. The number of benzene rings is 2. The second-order valence-electron chi connectivity index (χ2n) is 5.91. The second kappa shape index (κ2) is 8.44. The Bertz CT molecular complexity index is 835. The highest BCUT2D eigenvalue weighted by Gasteiger charge is 2.18. The van der Waals surface area contributed by atoms with Gasteiger partial charge in [-0.05, 0) is 43.7 Å². The normalized spacial score (nSPS) is 13.0. The van der Waals surface area contributed by atoms with Crippen molar-refractivity contribution in [3.8, 4) is 17.2 Å². The fraction of sp³-hybridized carbons (Fsp3) is 0.300. The zero-order valence-corrected chi connectivity index (χ0v) is 15.2. The minimum atomic E-state index is -0.607. The maximum Gasteiger partial charge on any atom is 0.342 e. The van der Waals surface area contributed by atoms with Crippen LogP contribution in [0.5, 0.6) is 17.2 Å². The summed E-state index contributed by atoms with van der Waals surface area (Å²) in [6.45, 7) is 3.90. The first kappa shape index (κ1) is 18.6. The SMILES string of the molecule is CCOc1ccccc1C(=O)OCC(=O)N[C@H](C)c1ccc2c(c1)OCO2. The maximum atomic E-state index is 12.2. The van der Waals surface area contributed by atoms with Crippen molar-refractivity contribution >= 4 is 11.9 Å². The molecular weight excluding hydrogens is 350 g/mol. The molecule has 7 heteroatoms. The number of hydrogen-bond donors (Lipinski definition) is 1. The second-order valence-corrected chi connectivity index (χ2v) is 5.91. The van der Waals surface area contributed by atoms with E-state index in [4.69, 9.17) is 18.9 Å². The minimum Gasteiger partial charge on any atom is -0.493 e. The molecule has 1 N–H and O–H groups in total. The first-order chi connectivity index (χ1) is 13.1. The molecule has 1 atom stereocenters. The molecule has 0 bridgehead atoms. The van der Waals surface area contributed by atoms with Gasteiger partial charge in [0.25, 0.3) is 5.91 Å². The number of carbonyl (C=O) groups is 2. The number of carbonyl (C=O) groups excluding carboxylic acids is 2. The molecule has 0 spiro atoms. The van der Waals surface area contributed by atoms with Crippen LogP contribution in [0.2, 0.25) is 0 Å². The van der Waals surface area contributed by atoms with Gasteiger partial charge < -0.3 is 24.3 Å². The van der Waals surface area contributed by atoms with E-state index < -0.39 is 11.9 Å². The molecule has 7 nitrogen and oxygen atoms in total. The van der Waals surface area contributed by atoms with Gasteiger partial charge in [-0.1, -0.05) is 18.2 Å². The van der Waals surface area contributed by atoms with Crippen LogP contribution in [0.25, 0.3) is 0 Å². The Morgan fingerprint density at radius 1 is 1.15 bits per heavy atom. The molecule has 3 rings (SSSR count). The zero-order chi connectivity index (χ0) is 19.2. The predicted molar refractivity (Wildman–Crippen MR) is 97.0 cm³/mol. The molecule has 2 aromatic carbocycles. The van der Waals surface area contributed by atoms with Gasteiger partial charge in [0, 0.05) is 0 Å². The third-order valence-electron chi connectivity index (χ3n) is 4.02. The van der Waals surface area contributed by atoms with Gasteiger partial charge in [0.15, 0.2) is 18.1 Å². The van der Waals surface area contributed by atoms with Gasteiger partial charge in [0.05, 0.1) is 12.6 Å². The molecule has 1 aliphatic heterocycles. The average molecular weight is 371 g/mol. The first-order valence-corrected chi connectivity index (χ1v) is 8.66. The summed E-state index contributed by atoms with van der Waals surface area (Å²) in [5.74, 6) is 0.748. The summed E-state index contributed by atoms with van der Waals surface area (Å²) < 4.78 is 21.1. The Kier molecular flexibility index (Phi) is 5.80. The van der Waals surface area contributed by atoms with E-state index in [0.717, 1.165) is 5.56 Å². The van der Waals surface area contributed by atoms with Crippen LogP contribution in [0.3, 0.4) is 0 Å². The molecule has 1 aliphatic rings. The zero-order valence-electron chi connectivity index (χ0n) is 15.2. The van der Waals surface area contributed by atoms with E-state index in [2.05, 4.69) is 5.32 Å². The topological polar surface area (TPSA) is 83.1 Å². The summed E-state index contributed by atoms with van der Waals surface area (Å²) in [5, 5.41) is 2.79. The Morgan fingerprint density at radius 2 is 1.93 bits per heavy atom. The molecule has 2 aromatic rings. The van der Waals surface area contributed by atoms with Crippen molar-refractivity contribution in [2.75, 3.05) is 20.0 Å². The Balaban J connectivity index is 1.54. The molecular formula is C20H21NO6. The lowest BCUT2D eigenvalue weighted by atomic mass is 10.1. The van der Waals surface area contributed by atoms with Crippen molar-refractivity contribution in [2.24, 2.45) is 0 Å². The highest BCUT2D eigenvalue weighted by molar-refractivity contribution is 5.94. The molecule has 0 saturated heterocycles. The molecule has 0 aliphatic carbocycles. The minimum absolute atomic E-state index is 0.193. The predicted octanol–water partition coefficient (Wildman–Crippen LogP) is 2.85. The monoisotopic (exact) mass is 371 g/mol. The van der Waals surface area contributed by atoms with Gasteiger partial charge in [0.2, 0.25) is 6.79 Å². The van der Waals surface area contributed by atoms with E-state index >= 15 is 0 Å². The fourth-order valence-corrected chi connectivity index (χ4v) is 2.67. The largest absolute Gasteiger partial charge is 0.493 e. The van der Waals surface area contributed by atoms with E-state index in [1.807, 2.05) is 26.0 Å². The number of ether oxygens (including phenoxy) is 4. The highest BCUT2D eigenvalue weighted by Crippen LogP contribution is 2.34. The number of nitrogens with one attached hydrogen (secondary N) is 1. The number of hydrogen-bond acceptors (Lipinski definition) is 6. The maximum absolute atomic E-state index is 12.2. The summed E-state index contributed by atoms with van der Waals surface area (Å²) in [4.78, 5) is 24.3. The molecule has 1 amide bonds. The number of amides is 1. The van der Waals surface area contributed by atoms with Crippen LogP contribution in [-0.4, -0.2) is 31.9 Å². The number of para-hydroxylation sites is 1. The van der Waals surface area contributed by atoms with Gasteiger partial charge in [-0.3, -0.25) is 4.79 Å². The van der Waals surface area contributed by atoms with Gasteiger partial charge in [-0.25, -0.2) is 4.79 Å². The quantitative estimate of drug-likeness (QED) is 0.754. The fourth-order valence-electron chi connectivity index (χ4n) is 2.67. The van der Waals surface area contributed by atoms with E-state index in [1.165, 1.54) is 0 Å². The van der Waals surface area contributed by atoms with E-state index in [9.17, 15) is 9.59 Å². The van der Waals surface area contributed by atoms with Gasteiger partial charge in [-0.2, -0.15) is 0 Å². The summed E-state index contributed by atoms with van der Waals surface area (Å²) in [5.41, 5.74) is 1.15. The van der Waals surface area contributed by atoms with Gasteiger partial charge in [0.1, 0.15) is 11.3 Å².